The lowest BCUT2D eigenvalue weighted by Crippen LogP contribution is -2.25. The summed E-state index contributed by atoms with van der Waals surface area (Å²) in [5.41, 5.74) is 3.23. The number of benzene rings is 1. The molecule has 22 heavy (non-hydrogen) atoms. The zero-order valence-corrected chi connectivity index (χ0v) is 13.6. The summed E-state index contributed by atoms with van der Waals surface area (Å²) >= 11 is 0. The van der Waals surface area contributed by atoms with Crippen molar-refractivity contribution in [2.75, 3.05) is 0 Å². The van der Waals surface area contributed by atoms with Crippen molar-refractivity contribution in [3.8, 4) is 0 Å². The largest absolute Gasteiger partial charge is 0.459 e. The fourth-order valence-corrected chi connectivity index (χ4v) is 2.89. The molecular weight excluding hydrogens is 274 g/mol. The normalized spacial score (nSPS) is 13.1. The van der Waals surface area contributed by atoms with Crippen molar-refractivity contribution in [2.45, 2.75) is 33.4 Å². The standard InChI is InChI=1S/C18H23N3O/c1-12(2)17(19-9-14-10-21(4)11-20-14)18-13(3)15-7-5-6-8-16(15)22-18/h5-8,10-12,17,19H,9H2,1-4H3. The third kappa shape index (κ3) is 2.79. The molecule has 1 atom stereocenters. The number of nitrogens with one attached hydrogen (secondary N) is 1. The van der Waals surface area contributed by atoms with Gasteiger partial charge in [0.25, 0.3) is 0 Å². The summed E-state index contributed by atoms with van der Waals surface area (Å²) in [6.45, 7) is 7.30. The molecular formula is C18H23N3O. The molecule has 4 nitrogen and oxygen atoms in total. The van der Waals surface area contributed by atoms with Gasteiger partial charge in [0.1, 0.15) is 11.3 Å². The van der Waals surface area contributed by atoms with Gasteiger partial charge >= 0.3 is 0 Å². The lowest BCUT2D eigenvalue weighted by atomic mass is 9.98. The molecule has 0 amide bonds. The van der Waals surface area contributed by atoms with Crippen LogP contribution in [0.5, 0.6) is 0 Å². The van der Waals surface area contributed by atoms with Crippen molar-refractivity contribution in [3.05, 3.63) is 53.8 Å². The third-order valence-corrected chi connectivity index (χ3v) is 4.09. The molecule has 2 aromatic heterocycles. The van der Waals surface area contributed by atoms with Crippen LogP contribution < -0.4 is 5.32 Å². The average Bonchev–Trinajstić information content (AvgIpc) is 3.04. The highest BCUT2D eigenvalue weighted by Gasteiger charge is 2.23. The van der Waals surface area contributed by atoms with E-state index < -0.39 is 0 Å². The van der Waals surface area contributed by atoms with Crippen LogP contribution >= 0.6 is 0 Å². The van der Waals surface area contributed by atoms with E-state index in [-0.39, 0.29) is 6.04 Å². The number of para-hydroxylation sites is 1. The highest BCUT2D eigenvalue weighted by molar-refractivity contribution is 5.82. The lowest BCUT2D eigenvalue weighted by molar-refractivity contribution is 0.346. The number of hydrogen-bond acceptors (Lipinski definition) is 3. The van der Waals surface area contributed by atoms with Gasteiger partial charge in [-0.25, -0.2) is 4.98 Å². The van der Waals surface area contributed by atoms with Crippen molar-refractivity contribution in [1.82, 2.24) is 14.9 Å². The molecule has 0 aliphatic carbocycles. The number of rotatable bonds is 5. The second kappa shape index (κ2) is 5.97. The topological polar surface area (TPSA) is 43.0 Å². The van der Waals surface area contributed by atoms with E-state index in [0.717, 1.165) is 23.6 Å². The quantitative estimate of drug-likeness (QED) is 0.775. The first-order chi connectivity index (χ1) is 10.6. The molecule has 0 aliphatic rings. The van der Waals surface area contributed by atoms with Gasteiger partial charge in [-0.1, -0.05) is 32.0 Å². The van der Waals surface area contributed by atoms with Crippen LogP contribution in [0.4, 0.5) is 0 Å². The van der Waals surface area contributed by atoms with Gasteiger partial charge in [-0.05, 0) is 24.5 Å². The molecule has 4 heteroatoms. The minimum absolute atomic E-state index is 0.175. The second-order valence-corrected chi connectivity index (χ2v) is 6.22. The van der Waals surface area contributed by atoms with E-state index in [1.165, 1.54) is 10.9 Å². The zero-order chi connectivity index (χ0) is 15.7. The first kappa shape index (κ1) is 14.9. The summed E-state index contributed by atoms with van der Waals surface area (Å²) in [5, 5.41) is 4.79. The van der Waals surface area contributed by atoms with E-state index >= 15 is 0 Å². The molecule has 0 radical (unpaired) electrons. The van der Waals surface area contributed by atoms with Crippen molar-refractivity contribution >= 4 is 11.0 Å². The van der Waals surface area contributed by atoms with Gasteiger partial charge < -0.3 is 14.3 Å². The molecule has 0 saturated heterocycles. The van der Waals surface area contributed by atoms with E-state index in [1.807, 2.05) is 36.3 Å². The number of fused-ring (bicyclic) bond motifs is 1. The summed E-state index contributed by atoms with van der Waals surface area (Å²) in [6.07, 6.45) is 3.86. The molecule has 3 rings (SSSR count). The number of aryl methyl sites for hydroxylation is 2. The molecule has 0 aliphatic heterocycles. The monoisotopic (exact) mass is 297 g/mol. The van der Waals surface area contributed by atoms with Crippen molar-refractivity contribution in [3.63, 3.8) is 0 Å². The molecule has 0 bridgehead atoms. The minimum Gasteiger partial charge on any atom is -0.459 e. The van der Waals surface area contributed by atoms with Crippen molar-refractivity contribution < 1.29 is 4.42 Å². The second-order valence-electron chi connectivity index (χ2n) is 6.22. The van der Waals surface area contributed by atoms with Gasteiger partial charge in [0.15, 0.2) is 0 Å². The van der Waals surface area contributed by atoms with Gasteiger partial charge in [0.05, 0.1) is 18.1 Å². The Kier molecular flexibility index (Phi) is 4.03. The number of furan rings is 1. The Morgan fingerprint density at radius 3 is 2.68 bits per heavy atom. The zero-order valence-electron chi connectivity index (χ0n) is 13.6. The molecule has 3 aromatic rings. The Hall–Kier alpha value is -2.07. The van der Waals surface area contributed by atoms with E-state index in [0.29, 0.717) is 5.92 Å². The molecule has 1 unspecified atom stereocenters. The van der Waals surface area contributed by atoms with E-state index in [9.17, 15) is 0 Å². The van der Waals surface area contributed by atoms with E-state index in [4.69, 9.17) is 4.42 Å². The number of hydrogen-bond donors (Lipinski definition) is 1. The molecule has 116 valence electrons. The molecule has 1 N–H and O–H groups in total. The fraction of sp³-hybridized carbons (Fsp3) is 0.389. The predicted molar refractivity (Wildman–Crippen MR) is 88.6 cm³/mol. The van der Waals surface area contributed by atoms with Gasteiger partial charge in [-0.15, -0.1) is 0 Å². The Bertz CT molecular complexity index is 770. The summed E-state index contributed by atoms with van der Waals surface area (Å²) in [5.74, 6) is 1.47. The highest BCUT2D eigenvalue weighted by atomic mass is 16.3. The van der Waals surface area contributed by atoms with Gasteiger partial charge in [0, 0.05) is 25.2 Å². The summed E-state index contributed by atoms with van der Waals surface area (Å²) < 4.78 is 8.09. The van der Waals surface area contributed by atoms with E-state index in [2.05, 4.69) is 43.2 Å². The fourth-order valence-electron chi connectivity index (χ4n) is 2.89. The van der Waals surface area contributed by atoms with Crippen LogP contribution in [0, 0.1) is 12.8 Å². The minimum atomic E-state index is 0.175. The Morgan fingerprint density at radius 1 is 1.27 bits per heavy atom. The molecule has 0 saturated carbocycles. The Balaban J connectivity index is 1.87. The third-order valence-electron chi connectivity index (χ3n) is 4.09. The van der Waals surface area contributed by atoms with Gasteiger partial charge in [0.2, 0.25) is 0 Å². The first-order valence-corrected chi connectivity index (χ1v) is 7.74. The van der Waals surface area contributed by atoms with Gasteiger partial charge in [-0.2, -0.15) is 0 Å². The van der Waals surface area contributed by atoms with Crippen LogP contribution in [0.2, 0.25) is 0 Å². The predicted octanol–water partition coefficient (Wildman–Crippen LogP) is 3.96. The Morgan fingerprint density at radius 2 is 2.05 bits per heavy atom. The smallest absolute Gasteiger partial charge is 0.134 e. The van der Waals surface area contributed by atoms with Crippen LogP contribution in [0.15, 0.2) is 41.2 Å². The summed E-state index contributed by atoms with van der Waals surface area (Å²) in [7, 11) is 1.99. The maximum atomic E-state index is 6.13. The molecule has 1 aromatic carbocycles. The maximum Gasteiger partial charge on any atom is 0.134 e. The highest BCUT2D eigenvalue weighted by Crippen LogP contribution is 2.32. The van der Waals surface area contributed by atoms with Crippen LogP contribution in [0.1, 0.15) is 36.9 Å². The number of aromatic nitrogens is 2. The molecule has 0 fully saturated rings. The summed E-state index contributed by atoms with van der Waals surface area (Å²) in [4.78, 5) is 4.38. The van der Waals surface area contributed by atoms with Crippen LogP contribution in [-0.2, 0) is 13.6 Å². The molecule has 0 spiro atoms. The number of imidazole rings is 1. The van der Waals surface area contributed by atoms with E-state index in [1.54, 1.807) is 0 Å². The molecule has 2 heterocycles. The average molecular weight is 297 g/mol. The maximum absolute atomic E-state index is 6.13. The van der Waals surface area contributed by atoms with Crippen LogP contribution in [-0.4, -0.2) is 9.55 Å². The van der Waals surface area contributed by atoms with Crippen LogP contribution in [0.3, 0.4) is 0 Å². The first-order valence-electron chi connectivity index (χ1n) is 7.74. The van der Waals surface area contributed by atoms with Gasteiger partial charge in [-0.3, -0.25) is 0 Å². The Labute approximate surface area is 131 Å². The summed E-state index contributed by atoms with van der Waals surface area (Å²) in [6, 6.07) is 8.39. The van der Waals surface area contributed by atoms with Crippen molar-refractivity contribution in [1.29, 1.82) is 0 Å². The SMILES string of the molecule is Cc1c(C(NCc2cn(C)cn2)C(C)C)oc2ccccc12. The lowest BCUT2D eigenvalue weighted by Gasteiger charge is -2.20. The van der Waals surface area contributed by atoms with Crippen molar-refractivity contribution in [2.24, 2.45) is 13.0 Å². The van der Waals surface area contributed by atoms with Crippen LogP contribution in [0.25, 0.3) is 11.0 Å². The number of nitrogens with zero attached hydrogens (tertiary/aromatic N) is 2.